The van der Waals surface area contributed by atoms with E-state index in [4.69, 9.17) is 10.3 Å². The zero-order valence-corrected chi connectivity index (χ0v) is 15.9. The normalized spacial score (nSPS) is 10.4. The molecule has 0 unspecified atom stereocenters. The first-order valence-electron chi connectivity index (χ1n) is 8.21. The van der Waals surface area contributed by atoms with E-state index in [1.165, 1.54) is 0 Å². The van der Waals surface area contributed by atoms with Crippen LogP contribution in [-0.2, 0) is 6.42 Å². The average Bonchev–Trinajstić information content (AvgIpc) is 3.12. The van der Waals surface area contributed by atoms with Gasteiger partial charge in [-0.2, -0.15) is 0 Å². The standard InChI is InChI=1S/C19H22N4O2.ClH/c1-12-10-17(14(3)23(12)18-11-13(2)25-22-18)19(24)21-9-8-15-4-6-16(20)7-5-15;/h4-7,10-11H,8-9,20H2,1-3H3,(H,21,24);1H. The predicted octanol–water partition coefficient (Wildman–Crippen LogP) is 3.37. The molecule has 0 spiro atoms. The van der Waals surface area contributed by atoms with Gasteiger partial charge in [-0.25, -0.2) is 0 Å². The van der Waals surface area contributed by atoms with Crippen molar-refractivity contribution in [3.63, 3.8) is 0 Å². The van der Waals surface area contributed by atoms with E-state index in [1.54, 1.807) is 0 Å². The molecule has 138 valence electrons. The van der Waals surface area contributed by atoms with E-state index in [2.05, 4.69) is 10.5 Å². The van der Waals surface area contributed by atoms with E-state index in [0.717, 1.165) is 34.8 Å². The third-order valence-corrected chi connectivity index (χ3v) is 4.20. The smallest absolute Gasteiger partial charge is 0.253 e. The van der Waals surface area contributed by atoms with E-state index in [-0.39, 0.29) is 18.3 Å². The van der Waals surface area contributed by atoms with E-state index in [0.29, 0.717) is 17.9 Å². The van der Waals surface area contributed by atoms with Gasteiger partial charge in [0.15, 0.2) is 5.82 Å². The van der Waals surface area contributed by atoms with E-state index in [9.17, 15) is 4.79 Å². The van der Waals surface area contributed by atoms with Crippen LogP contribution in [0.3, 0.4) is 0 Å². The molecule has 0 atom stereocenters. The minimum Gasteiger partial charge on any atom is -0.399 e. The molecule has 1 aromatic carbocycles. The van der Waals surface area contributed by atoms with E-state index < -0.39 is 0 Å². The van der Waals surface area contributed by atoms with Gasteiger partial charge in [-0.05, 0) is 51.0 Å². The maximum absolute atomic E-state index is 12.5. The van der Waals surface area contributed by atoms with Crippen LogP contribution in [0.4, 0.5) is 5.69 Å². The molecule has 0 saturated heterocycles. The van der Waals surface area contributed by atoms with Crippen LogP contribution < -0.4 is 11.1 Å². The summed E-state index contributed by atoms with van der Waals surface area (Å²) >= 11 is 0. The average molecular weight is 375 g/mol. The Morgan fingerprint density at radius 3 is 2.50 bits per heavy atom. The number of hydrogen-bond donors (Lipinski definition) is 2. The first-order valence-corrected chi connectivity index (χ1v) is 8.21. The molecule has 3 rings (SSSR count). The van der Waals surface area contributed by atoms with Crippen LogP contribution in [0.2, 0.25) is 0 Å². The van der Waals surface area contributed by atoms with Gasteiger partial charge in [-0.3, -0.25) is 9.36 Å². The van der Waals surface area contributed by atoms with E-state index >= 15 is 0 Å². The molecule has 0 bridgehead atoms. The van der Waals surface area contributed by atoms with Gasteiger partial charge in [0.2, 0.25) is 0 Å². The quantitative estimate of drug-likeness (QED) is 0.670. The van der Waals surface area contributed by atoms with Crippen molar-refractivity contribution in [3.05, 3.63) is 64.7 Å². The topological polar surface area (TPSA) is 86.1 Å². The summed E-state index contributed by atoms with van der Waals surface area (Å²) in [4.78, 5) is 12.5. The number of amides is 1. The van der Waals surface area contributed by atoms with Gasteiger partial charge in [-0.15, -0.1) is 12.4 Å². The van der Waals surface area contributed by atoms with Gasteiger partial charge < -0.3 is 15.6 Å². The molecule has 7 heteroatoms. The maximum atomic E-state index is 12.5. The number of carbonyl (C=O) groups is 1. The fraction of sp³-hybridized carbons (Fsp3) is 0.263. The molecule has 0 fully saturated rings. The number of benzene rings is 1. The van der Waals surface area contributed by atoms with Crippen molar-refractivity contribution in [2.24, 2.45) is 0 Å². The minimum absolute atomic E-state index is 0. The van der Waals surface area contributed by atoms with Crippen LogP contribution in [0.5, 0.6) is 0 Å². The molecule has 3 aromatic rings. The summed E-state index contributed by atoms with van der Waals surface area (Å²) in [5.74, 6) is 1.33. The summed E-state index contributed by atoms with van der Waals surface area (Å²) in [6, 6.07) is 11.4. The zero-order valence-electron chi connectivity index (χ0n) is 15.1. The van der Waals surface area contributed by atoms with Crippen LogP contribution in [-0.4, -0.2) is 22.2 Å². The predicted molar refractivity (Wildman–Crippen MR) is 104 cm³/mol. The SMILES string of the molecule is Cc1cc(-n2c(C)cc(C(=O)NCCc3ccc(N)cc3)c2C)no1.Cl. The molecule has 3 N–H and O–H groups in total. The van der Waals surface area contributed by atoms with Crippen molar-refractivity contribution in [1.29, 1.82) is 0 Å². The van der Waals surface area contributed by atoms with Gasteiger partial charge in [0, 0.05) is 29.7 Å². The first kappa shape index (κ1) is 19.6. The Balaban J connectivity index is 0.00000243. The summed E-state index contributed by atoms with van der Waals surface area (Å²) in [6.45, 7) is 6.26. The summed E-state index contributed by atoms with van der Waals surface area (Å²) in [6.07, 6.45) is 0.757. The number of nitrogen functional groups attached to an aromatic ring is 1. The van der Waals surface area contributed by atoms with Crippen LogP contribution in [0.25, 0.3) is 5.82 Å². The minimum atomic E-state index is -0.0880. The van der Waals surface area contributed by atoms with Crippen molar-refractivity contribution >= 4 is 24.0 Å². The number of carbonyl (C=O) groups excluding carboxylic acids is 1. The summed E-state index contributed by atoms with van der Waals surface area (Å²) < 4.78 is 7.06. The molecule has 0 saturated carbocycles. The number of halogens is 1. The summed E-state index contributed by atoms with van der Waals surface area (Å²) in [5.41, 5.74) is 9.99. The van der Waals surface area contributed by atoms with Crippen molar-refractivity contribution in [3.8, 4) is 5.82 Å². The number of hydrogen-bond acceptors (Lipinski definition) is 4. The van der Waals surface area contributed by atoms with Crippen molar-refractivity contribution in [1.82, 2.24) is 15.0 Å². The van der Waals surface area contributed by atoms with E-state index in [1.807, 2.05) is 61.7 Å². The van der Waals surface area contributed by atoms with Crippen molar-refractivity contribution < 1.29 is 9.32 Å². The van der Waals surface area contributed by atoms with Gasteiger partial charge in [0.25, 0.3) is 5.91 Å². The van der Waals surface area contributed by atoms with Gasteiger partial charge >= 0.3 is 0 Å². The Kier molecular flexibility index (Phi) is 6.10. The van der Waals surface area contributed by atoms with Gasteiger partial charge in [0.05, 0.1) is 5.56 Å². The lowest BCUT2D eigenvalue weighted by Crippen LogP contribution is -2.26. The molecule has 1 amide bonds. The molecule has 0 aliphatic carbocycles. The molecule has 6 nitrogen and oxygen atoms in total. The second kappa shape index (κ2) is 8.10. The lowest BCUT2D eigenvalue weighted by Gasteiger charge is -2.07. The Morgan fingerprint density at radius 1 is 1.19 bits per heavy atom. The maximum Gasteiger partial charge on any atom is 0.253 e. The van der Waals surface area contributed by atoms with Crippen LogP contribution >= 0.6 is 12.4 Å². The molecular formula is C19H23ClN4O2. The lowest BCUT2D eigenvalue weighted by molar-refractivity contribution is 0.0953. The Labute approximate surface area is 158 Å². The second-order valence-corrected chi connectivity index (χ2v) is 6.16. The highest BCUT2D eigenvalue weighted by Gasteiger charge is 2.18. The second-order valence-electron chi connectivity index (χ2n) is 6.16. The van der Waals surface area contributed by atoms with Crippen molar-refractivity contribution in [2.75, 3.05) is 12.3 Å². The van der Waals surface area contributed by atoms with Crippen molar-refractivity contribution in [2.45, 2.75) is 27.2 Å². The monoisotopic (exact) mass is 374 g/mol. The summed E-state index contributed by atoms with van der Waals surface area (Å²) in [7, 11) is 0. The highest BCUT2D eigenvalue weighted by atomic mass is 35.5. The number of aromatic nitrogens is 2. The summed E-state index contributed by atoms with van der Waals surface area (Å²) in [5, 5.41) is 7.01. The number of aryl methyl sites for hydroxylation is 2. The van der Waals surface area contributed by atoms with Crippen LogP contribution in [0.15, 0.2) is 40.9 Å². The highest BCUT2D eigenvalue weighted by molar-refractivity contribution is 5.95. The molecule has 0 radical (unpaired) electrons. The molecule has 2 aromatic heterocycles. The number of nitrogens with two attached hydrogens (primary N) is 1. The number of nitrogens with one attached hydrogen (secondary N) is 1. The third-order valence-electron chi connectivity index (χ3n) is 4.20. The molecule has 26 heavy (non-hydrogen) atoms. The zero-order chi connectivity index (χ0) is 18.0. The number of nitrogens with zero attached hydrogens (tertiary/aromatic N) is 2. The Hall–Kier alpha value is -2.73. The molecule has 0 aliphatic rings. The Bertz CT molecular complexity index is 897. The number of anilines is 1. The van der Waals surface area contributed by atoms with Crippen LogP contribution in [0.1, 0.15) is 33.1 Å². The molecule has 2 heterocycles. The molecular weight excluding hydrogens is 352 g/mol. The fourth-order valence-corrected chi connectivity index (χ4v) is 2.90. The molecule has 0 aliphatic heterocycles. The van der Waals surface area contributed by atoms with Gasteiger partial charge in [-0.1, -0.05) is 17.3 Å². The third kappa shape index (κ3) is 4.08. The van der Waals surface area contributed by atoms with Crippen LogP contribution in [0, 0.1) is 20.8 Å². The Morgan fingerprint density at radius 2 is 1.88 bits per heavy atom. The van der Waals surface area contributed by atoms with Gasteiger partial charge in [0.1, 0.15) is 5.76 Å². The first-order chi connectivity index (χ1) is 12.0. The lowest BCUT2D eigenvalue weighted by atomic mass is 10.1. The highest BCUT2D eigenvalue weighted by Crippen LogP contribution is 2.20. The number of rotatable bonds is 5. The fourth-order valence-electron chi connectivity index (χ4n) is 2.90. The largest absolute Gasteiger partial charge is 0.399 e.